The number of nitrogens with zero attached hydrogens (tertiary/aromatic N) is 6. The first-order valence-electron chi connectivity index (χ1n) is 15.0. The molecule has 0 radical (unpaired) electrons. The highest BCUT2D eigenvalue weighted by Gasteiger charge is 2.44. The number of hydrogen-bond acceptors (Lipinski definition) is 6. The number of urea groups is 1. The average molecular weight is 564 g/mol. The molecule has 9 heteroatoms. The quantitative estimate of drug-likeness (QED) is 0.253. The standard InChI is InChI=1S/C33H37N7O2/c41-32-30(19-16-25-10-3-1-4-11-25)40(33(42)39(32)23-9-22-38-20-7-2-8-21-38)24-26-14-17-27(18-15-26)28-12-5-6-13-29(28)31-34-36-37-35-31/h1,3-6,10-15,17-18,30H,2,7-9,16,19-24H2,(H,34,35,36,37)/t30-/m0/s1. The van der Waals surface area contributed by atoms with Crippen LogP contribution in [0.25, 0.3) is 22.5 Å². The molecule has 2 saturated heterocycles. The number of benzene rings is 3. The number of likely N-dealkylation sites (tertiary alicyclic amines) is 1. The van der Waals surface area contributed by atoms with Crippen molar-refractivity contribution in [1.29, 1.82) is 0 Å². The summed E-state index contributed by atoms with van der Waals surface area (Å²) in [4.78, 5) is 33.0. The topological polar surface area (TPSA) is 98.3 Å². The molecule has 0 spiro atoms. The van der Waals surface area contributed by atoms with Gasteiger partial charge in [0.05, 0.1) is 0 Å². The van der Waals surface area contributed by atoms with Crippen LogP contribution in [0.2, 0.25) is 0 Å². The normalized spacial score (nSPS) is 17.8. The number of nitrogens with one attached hydrogen (secondary N) is 1. The average Bonchev–Trinajstić information content (AvgIpc) is 3.65. The summed E-state index contributed by atoms with van der Waals surface area (Å²) < 4.78 is 0. The van der Waals surface area contributed by atoms with Crippen molar-refractivity contribution in [3.05, 3.63) is 90.0 Å². The lowest BCUT2D eigenvalue weighted by Crippen LogP contribution is -2.36. The maximum absolute atomic E-state index is 13.7. The van der Waals surface area contributed by atoms with Gasteiger partial charge >= 0.3 is 6.03 Å². The number of tetrazole rings is 1. The number of carbonyl (C=O) groups is 2. The molecule has 1 N–H and O–H groups in total. The molecule has 42 heavy (non-hydrogen) atoms. The number of piperidine rings is 1. The predicted octanol–water partition coefficient (Wildman–Crippen LogP) is 5.18. The number of carbonyl (C=O) groups excluding carboxylic acids is 2. The Morgan fingerprint density at radius 1 is 0.786 bits per heavy atom. The number of imide groups is 1. The van der Waals surface area contributed by atoms with E-state index in [0.29, 0.717) is 25.3 Å². The molecule has 0 bridgehead atoms. The van der Waals surface area contributed by atoms with Crippen LogP contribution in [0.4, 0.5) is 4.79 Å². The van der Waals surface area contributed by atoms with Crippen molar-refractivity contribution in [3.8, 4) is 22.5 Å². The second-order valence-corrected chi connectivity index (χ2v) is 11.2. The summed E-state index contributed by atoms with van der Waals surface area (Å²) in [7, 11) is 0. The maximum Gasteiger partial charge on any atom is 0.327 e. The van der Waals surface area contributed by atoms with Crippen LogP contribution in [0, 0.1) is 0 Å². The zero-order valence-electron chi connectivity index (χ0n) is 23.9. The highest BCUT2D eigenvalue weighted by Crippen LogP contribution is 2.31. The fourth-order valence-electron chi connectivity index (χ4n) is 6.13. The van der Waals surface area contributed by atoms with Gasteiger partial charge in [-0.1, -0.05) is 85.3 Å². The third kappa shape index (κ3) is 6.26. The van der Waals surface area contributed by atoms with Gasteiger partial charge in [0.2, 0.25) is 5.82 Å². The molecule has 0 aliphatic carbocycles. The Bertz CT molecular complexity index is 1470. The van der Waals surface area contributed by atoms with Gasteiger partial charge in [-0.2, -0.15) is 5.21 Å². The Balaban J connectivity index is 1.17. The molecule has 0 unspecified atom stereocenters. The van der Waals surface area contributed by atoms with Crippen LogP contribution in [0.5, 0.6) is 0 Å². The smallest absolute Gasteiger partial charge is 0.308 e. The van der Waals surface area contributed by atoms with Gasteiger partial charge in [-0.25, -0.2) is 4.79 Å². The van der Waals surface area contributed by atoms with Crippen LogP contribution in [-0.2, 0) is 17.8 Å². The van der Waals surface area contributed by atoms with Gasteiger partial charge in [-0.15, -0.1) is 10.2 Å². The van der Waals surface area contributed by atoms with Crippen LogP contribution >= 0.6 is 0 Å². The largest absolute Gasteiger partial charge is 0.327 e. The van der Waals surface area contributed by atoms with Gasteiger partial charge in [0, 0.05) is 18.7 Å². The highest BCUT2D eigenvalue weighted by molar-refractivity contribution is 6.04. The zero-order valence-corrected chi connectivity index (χ0v) is 23.9. The molecule has 9 nitrogen and oxygen atoms in total. The van der Waals surface area contributed by atoms with Crippen molar-refractivity contribution < 1.29 is 9.59 Å². The molecule has 3 aromatic carbocycles. The number of H-pyrrole nitrogens is 1. The zero-order chi connectivity index (χ0) is 28.7. The van der Waals surface area contributed by atoms with E-state index < -0.39 is 6.04 Å². The third-order valence-corrected chi connectivity index (χ3v) is 8.39. The summed E-state index contributed by atoms with van der Waals surface area (Å²) in [5.41, 5.74) is 5.06. The number of amides is 3. The minimum absolute atomic E-state index is 0.0692. The van der Waals surface area contributed by atoms with Crippen molar-refractivity contribution >= 4 is 11.9 Å². The van der Waals surface area contributed by atoms with E-state index in [4.69, 9.17) is 0 Å². The van der Waals surface area contributed by atoms with Crippen molar-refractivity contribution in [2.45, 2.75) is 51.1 Å². The number of hydrogen-bond donors (Lipinski definition) is 1. The molecular formula is C33H37N7O2. The van der Waals surface area contributed by atoms with E-state index in [1.165, 1.54) is 29.7 Å². The van der Waals surface area contributed by atoms with Gasteiger partial charge in [0.1, 0.15) is 6.04 Å². The fourth-order valence-corrected chi connectivity index (χ4v) is 6.13. The molecule has 1 atom stereocenters. The summed E-state index contributed by atoms with van der Waals surface area (Å²) in [5, 5.41) is 14.5. The summed E-state index contributed by atoms with van der Waals surface area (Å²) in [5.74, 6) is 0.470. The molecular weight excluding hydrogens is 526 g/mol. The Labute approximate surface area is 246 Å². The Kier molecular flexibility index (Phi) is 8.65. The van der Waals surface area contributed by atoms with E-state index in [9.17, 15) is 9.59 Å². The predicted molar refractivity (Wildman–Crippen MR) is 161 cm³/mol. The molecule has 2 fully saturated rings. The van der Waals surface area contributed by atoms with Crippen LogP contribution in [0.1, 0.15) is 43.2 Å². The van der Waals surface area contributed by atoms with Crippen LogP contribution < -0.4 is 0 Å². The molecule has 0 saturated carbocycles. The van der Waals surface area contributed by atoms with Gasteiger partial charge in [0.25, 0.3) is 5.91 Å². The van der Waals surface area contributed by atoms with Crippen molar-refractivity contribution in [3.63, 3.8) is 0 Å². The lowest BCUT2D eigenvalue weighted by molar-refractivity contribution is -0.128. The SMILES string of the molecule is O=C1[C@H](CCc2ccccc2)N(Cc2ccc(-c3ccccc3-c3nn[nH]n3)cc2)C(=O)N1CCCN1CCCCC1. The minimum Gasteiger partial charge on any atom is -0.308 e. The van der Waals surface area contributed by atoms with E-state index in [2.05, 4.69) is 37.7 Å². The first-order chi connectivity index (χ1) is 20.7. The monoisotopic (exact) mass is 563 g/mol. The summed E-state index contributed by atoms with van der Waals surface area (Å²) in [6.07, 6.45) is 5.92. The number of aryl methyl sites for hydroxylation is 1. The number of aromatic amines is 1. The molecule has 216 valence electrons. The Morgan fingerprint density at radius 2 is 1.52 bits per heavy atom. The molecule has 4 aromatic rings. The van der Waals surface area contributed by atoms with E-state index in [0.717, 1.165) is 54.7 Å². The van der Waals surface area contributed by atoms with Gasteiger partial charge in [0.15, 0.2) is 0 Å². The van der Waals surface area contributed by atoms with E-state index in [1.54, 1.807) is 4.90 Å². The lowest BCUT2D eigenvalue weighted by atomic mass is 9.98. The van der Waals surface area contributed by atoms with Crippen molar-refractivity contribution in [2.24, 2.45) is 0 Å². The first-order valence-corrected chi connectivity index (χ1v) is 15.0. The molecule has 3 heterocycles. The molecule has 6 rings (SSSR count). The van der Waals surface area contributed by atoms with Crippen molar-refractivity contribution in [2.75, 3.05) is 26.2 Å². The molecule has 1 aromatic heterocycles. The summed E-state index contributed by atoms with van der Waals surface area (Å²) >= 11 is 0. The third-order valence-electron chi connectivity index (χ3n) is 8.39. The highest BCUT2D eigenvalue weighted by atomic mass is 16.2. The second-order valence-electron chi connectivity index (χ2n) is 11.2. The molecule has 3 amide bonds. The fraction of sp³-hybridized carbons (Fsp3) is 0.364. The van der Waals surface area contributed by atoms with Gasteiger partial charge in [-0.3, -0.25) is 9.69 Å². The van der Waals surface area contributed by atoms with E-state index >= 15 is 0 Å². The maximum atomic E-state index is 13.7. The van der Waals surface area contributed by atoms with Gasteiger partial charge < -0.3 is 9.80 Å². The summed E-state index contributed by atoms with van der Waals surface area (Å²) in [6.45, 7) is 4.02. The molecule has 2 aliphatic heterocycles. The van der Waals surface area contributed by atoms with Crippen LogP contribution in [0.3, 0.4) is 0 Å². The number of aromatic nitrogens is 4. The van der Waals surface area contributed by atoms with Crippen LogP contribution in [0.15, 0.2) is 78.9 Å². The second kappa shape index (κ2) is 13.1. The lowest BCUT2D eigenvalue weighted by Gasteiger charge is -2.27. The summed E-state index contributed by atoms with van der Waals surface area (Å²) in [6, 6.07) is 25.6. The minimum atomic E-state index is -0.466. The van der Waals surface area contributed by atoms with Gasteiger partial charge in [-0.05, 0) is 79.2 Å². The van der Waals surface area contributed by atoms with Crippen LogP contribution in [-0.4, -0.2) is 79.5 Å². The first kappa shape index (κ1) is 27.8. The number of rotatable bonds is 11. The Morgan fingerprint density at radius 3 is 2.26 bits per heavy atom. The van der Waals surface area contributed by atoms with E-state index in [1.807, 2.05) is 66.7 Å². The van der Waals surface area contributed by atoms with Crippen molar-refractivity contribution in [1.82, 2.24) is 35.3 Å². The Hall–Kier alpha value is -4.37. The van der Waals surface area contributed by atoms with E-state index in [-0.39, 0.29) is 11.9 Å². The molecule has 2 aliphatic rings.